The van der Waals surface area contributed by atoms with Crippen LogP contribution in [0.2, 0.25) is 5.02 Å². The van der Waals surface area contributed by atoms with Crippen molar-refractivity contribution in [3.8, 4) is 11.3 Å². The highest BCUT2D eigenvalue weighted by molar-refractivity contribution is 6.33. The average molecular weight is 341 g/mol. The van der Waals surface area contributed by atoms with Gasteiger partial charge in [0.15, 0.2) is 12.0 Å². The quantitative estimate of drug-likeness (QED) is 0.496. The molecule has 1 heterocycles. The second kappa shape index (κ2) is 7.15. The Morgan fingerprint density at radius 1 is 1.08 bits per heavy atom. The number of furan rings is 1. The molecule has 0 amide bonds. The van der Waals surface area contributed by atoms with Gasteiger partial charge in [0.1, 0.15) is 12.4 Å². The molecule has 0 saturated heterocycles. The molecule has 0 fully saturated rings. The van der Waals surface area contributed by atoms with Crippen LogP contribution >= 0.6 is 11.6 Å². The zero-order valence-electron chi connectivity index (χ0n) is 12.6. The number of rotatable bonds is 5. The minimum Gasteiger partial charge on any atom is -0.457 e. The predicted molar refractivity (Wildman–Crippen MR) is 90.1 cm³/mol. The summed E-state index contributed by atoms with van der Waals surface area (Å²) in [6, 6.07) is 17.5. The fraction of sp³-hybridized carbons (Fsp3) is 0.0526. The first-order chi connectivity index (χ1) is 11.7. The number of hydrogen-bond acceptors (Lipinski definition) is 4. The van der Waals surface area contributed by atoms with Crippen LogP contribution in [0.1, 0.15) is 26.5 Å². The van der Waals surface area contributed by atoms with Gasteiger partial charge in [-0.05, 0) is 35.9 Å². The van der Waals surface area contributed by atoms with Crippen LogP contribution in [-0.2, 0) is 11.3 Å². The third-order valence-corrected chi connectivity index (χ3v) is 3.76. The van der Waals surface area contributed by atoms with Crippen molar-refractivity contribution in [3.05, 3.63) is 82.6 Å². The number of halogens is 1. The van der Waals surface area contributed by atoms with E-state index in [0.717, 1.165) is 5.56 Å². The van der Waals surface area contributed by atoms with Gasteiger partial charge in [-0.3, -0.25) is 4.79 Å². The number of carbonyl (C=O) groups is 2. The van der Waals surface area contributed by atoms with Crippen LogP contribution in [-0.4, -0.2) is 12.3 Å². The number of benzene rings is 2. The molecular formula is C19H13ClO4. The zero-order valence-corrected chi connectivity index (χ0v) is 13.3. The van der Waals surface area contributed by atoms with Crippen molar-refractivity contribution < 1.29 is 18.7 Å². The van der Waals surface area contributed by atoms with Crippen LogP contribution in [0.3, 0.4) is 0 Å². The summed E-state index contributed by atoms with van der Waals surface area (Å²) in [6.45, 7) is 0.163. The molecule has 0 spiro atoms. The van der Waals surface area contributed by atoms with Crippen molar-refractivity contribution in [2.75, 3.05) is 0 Å². The Labute approximate surface area is 143 Å². The van der Waals surface area contributed by atoms with Crippen molar-refractivity contribution in [2.24, 2.45) is 0 Å². The summed E-state index contributed by atoms with van der Waals surface area (Å²) in [6.07, 6.45) is 0.619. The highest BCUT2D eigenvalue weighted by atomic mass is 35.5. The van der Waals surface area contributed by atoms with Gasteiger partial charge in [-0.15, -0.1) is 0 Å². The van der Waals surface area contributed by atoms with E-state index in [-0.39, 0.29) is 17.9 Å². The average Bonchev–Trinajstić information content (AvgIpc) is 3.10. The molecule has 0 unspecified atom stereocenters. The lowest BCUT2D eigenvalue weighted by atomic mass is 10.1. The molecule has 3 aromatic rings. The SMILES string of the molecule is O=Cc1ccc(-c2ccc(Cl)c(C(=O)OCc3ccccc3)c2)o1. The van der Waals surface area contributed by atoms with Crippen molar-refractivity contribution in [1.82, 2.24) is 0 Å². The second-order valence-corrected chi connectivity index (χ2v) is 5.48. The fourth-order valence-electron chi connectivity index (χ4n) is 2.21. The lowest BCUT2D eigenvalue weighted by molar-refractivity contribution is 0.0473. The maximum Gasteiger partial charge on any atom is 0.340 e. The highest BCUT2D eigenvalue weighted by Gasteiger charge is 2.15. The van der Waals surface area contributed by atoms with Gasteiger partial charge >= 0.3 is 5.97 Å². The van der Waals surface area contributed by atoms with Crippen molar-refractivity contribution in [2.45, 2.75) is 6.61 Å². The first kappa shape index (κ1) is 16.0. The minimum atomic E-state index is -0.520. The van der Waals surface area contributed by atoms with Crippen LogP contribution in [0.5, 0.6) is 0 Å². The number of esters is 1. The molecule has 0 aliphatic heterocycles. The third kappa shape index (κ3) is 3.55. The summed E-state index contributed by atoms with van der Waals surface area (Å²) in [5.41, 5.74) is 1.77. The van der Waals surface area contributed by atoms with Crippen LogP contribution in [0.15, 0.2) is 65.1 Å². The van der Waals surface area contributed by atoms with E-state index in [1.54, 1.807) is 30.3 Å². The molecule has 4 nitrogen and oxygen atoms in total. The summed E-state index contributed by atoms with van der Waals surface area (Å²) in [5.74, 6) is 0.173. The number of carbonyl (C=O) groups excluding carboxylic acids is 2. The maximum atomic E-state index is 12.3. The van der Waals surface area contributed by atoms with Crippen LogP contribution in [0.4, 0.5) is 0 Å². The molecule has 0 aliphatic carbocycles. The molecule has 0 radical (unpaired) electrons. The van der Waals surface area contributed by atoms with Crippen LogP contribution in [0.25, 0.3) is 11.3 Å². The molecule has 0 saturated carbocycles. The van der Waals surface area contributed by atoms with Gasteiger partial charge in [0.05, 0.1) is 10.6 Å². The topological polar surface area (TPSA) is 56.5 Å². The molecule has 3 rings (SSSR count). The predicted octanol–water partition coefficient (Wildman–Crippen LogP) is 4.77. The standard InChI is InChI=1S/C19H13ClO4/c20-17-8-6-14(18-9-7-15(11-21)24-18)10-16(17)19(22)23-12-13-4-2-1-3-5-13/h1-11H,12H2. The van der Waals surface area contributed by atoms with E-state index in [1.165, 1.54) is 0 Å². The number of ether oxygens (including phenoxy) is 1. The van der Waals surface area contributed by atoms with Crippen molar-refractivity contribution >= 4 is 23.9 Å². The van der Waals surface area contributed by atoms with Gasteiger partial charge in [-0.2, -0.15) is 0 Å². The summed E-state index contributed by atoms with van der Waals surface area (Å²) < 4.78 is 10.7. The van der Waals surface area contributed by atoms with Crippen LogP contribution < -0.4 is 0 Å². The van der Waals surface area contributed by atoms with Gasteiger partial charge < -0.3 is 9.15 Å². The lowest BCUT2D eigenvalue weighted by Crippen LogP contribution is -2.06. The molecule has 0 N–H and O–H groups in total. The van der Waals surface area contributed by atoms with Crippen LogP contribution in [0, 0.1) is 0 Å². The Hall–Kier alpha value is -2.85. The summed E-state index contributed by atoms with van der Waals surface area (Å²) in [7, 11) is 0. The van der Waals surface area contributed by atoms with Gasteiger partial charge in [-0.25, -0.2) is 4.79 Å². The number of hydrogen-bond donors (Lipinski definition) is 0. The molecular weight excluding hydrogens is 328 g/mol. The molecule has 0 atom stereocenters. The normalized spacial score (nSPS) is 10.4. The Morgan fingerprint density at radius 3 is 2.58 bits per heavy atom. The Bertz CT molecular complexity index is 868. The second-order valence-electron chi connectivity index (χ2n) is 5.08. The van der Waals surface area contributed by atoms with Gasteiger partial charge in [0.2, 0.25) is 0 Å². The largest absolute Gasteiger partial charge is 0.457 e. The van der Waals surface area contributed by atoms with E-state index in [0.29, 0.717) is 22.6 Å². The molecule has 0 aliphatic rings. The Kier molecular flexibility index (Phi) is 4.77. The van der Waals surface area contributed by atoms with E-state index >= 15 is 0 Å². The van der Waals surface area contributed by atoms with Crippen molar-refractivity contribution in [3.63, 3.8) is 0 Å². The monoisotopic (exact) mass is 340 g/mol. The Morgan fingerprint density at radius 2 is 1.88 bits per heavy atom. The molecule has 1 aromatic heterocycles. The van der Waals surface area contributed by atoms with Gasteiger partial charge in [0, 0.05) is 5.56 Å². The summed E-state index contributed by atoms with van der Waals surface area (Å²) in [5, 5.41) is 0.291. The van der Waals surface area contributed by atoms with E-state index < -0.39 is 5.97 Å². The fourth-order valence-corrected chi connectivity index (χ4v) is 2.40. The smallest absolute Gasteiger partial charge is 0.340 e. The summed E-state index contributed by atoms with van der Waals surface area (Å²) in [4.78, 5) is 23.0. The van der Waals surface area contributed by atoms with E-state index in [1.807, 2.05) is 30.3 Å². The minimum absolute atomic E-state index is 0.163. The third-order valence-electron chi connectivity index (χ3n) is 3.43. The molecule has 120 valence electrons. The van der Waals surface area contributed by atoms with Crippen molar-refractivity contribution in [1.29, 1.82) is 0 Å². The van der Waals surface area contributed by atoms with E-state index in [2.05, 4.69) is 0 Å². The van der Waals surface area contributed by atoms with Gasteiger partial charge in [0.25, 0.3) is 0 Å². The van der Waals surface area contributed by atoms with Gasteiger partial charge in [-0.1, -0.05) is 41.9 Å². The van der Waals surface area contributed by atoms with E-state index in [4.69, 9.17) is 20.8 Å². The molecule has 2 aromatic carbocycles. The lowest BCUT2D eigenvalue weighted by Gasteiger charge is -2.08. The highest BCUT2D eigenvalue weighted by Crippen LogP contribution is 2.27. The summed E-state index contributed by atoms with van der Waals surface area (Å²) >= 11 is 6.11. The number of aldehydes is 1. The maximum absolute atomic E-state index is 12.3. The Balaban J connectivity index is 1.80. The molecule has 0 bridgehead atoms. The molecule has 24 heavy (non-hydrogen) atoms. The molecule has 5 heteroatoms. The first-order valence-electron chi connectivity index (χ1n) is 7.23. The van der Waals surface area contributed by atoms with E-state index in [9.17, 15) is 9.59 Å². The first-order valence-corrected chi connectivity index (χ1v) is 7.61. The zero-order chi connectivity index (χ0) is 16.9.